The number of benzene rings is 2. The molecule has 0 aliphatic carbocycles. The molecule has 1 atom stereocenters. The number of carbonyl (C=O) groups is 2. The van der Waals surface area contributed by atoms with Gasteiger partial charge in [-0.3, -0.25) is 4.79 Å². The summed E-state index contributed by atoms with van der Waals surface area (Å²) in [5.74, 6) is 0.293. The average Bonchev–Trinajstić information content (AvgIpc) is 3.12. The predicted molar refractivity (Wildman–Crippen MR) is 108 cm³/mol. The first-order chi connectivity index (χ1) is 13.5. The van der Waals surface area contributed by atoms with Crippen LogP contribution in [-0.4, -0.2) is 31.3 Å². The van der Waals surface area contributed by atoms with Crippen LogP contribution in [0, 0.1) is 6.92 Å². The molecule has 0 saturated carbocycles. The molecule has 1 aliphatic rings. The van der Waals surface area contributed by atoms with Crippen molar-refractivity contribution in [3.05, 3.63) is 71.8 Å². The van der Waals surface area contributed by atoms with Crippen LogP contribution in [0.1, 0.15) is 16.7 Å². The molecule has 146 valence electrons. The molecule has 1 amide bonds. The molecular formula is C22H24N2O4. The SMILES string of the molecule is C=CCOC(=O)Oc1ccc(CC(N)C(=O)N2CCc3ccccc32)c(C)c1. The Morgan fingerprint density at radius 1 is 1.29 bits per heavy atom. The van der Waals surface area contributed by atoms with E-state index in [1.54, 1.807) is 17.0 Å². The normalized spacial score (nSPS) is 13.6. The minimum Gasteiger partial charge on any atom is -0.430 e. The number of para-hydroxylation sites is 1. The van der Waals surface area contributed by atoms with Crippen LogP contribution in [0.15, 0.2) is 55.1 Å². The van der Waals surface area contributed by atoms with Crippen LogP contribution in [0.5, 0.6) is 5.75 Å². The highest BCUT2D eigenvalue weighted by Crippen LogP contribution is 2.28. The van der Waals surface area contributed by atoms with Crippen molar-refractivity contribution in [3.63, 3.8) is 0 Å². The summed E-state index contributed by atoms with van der Waals surface area (Å²) in [5, 5.41) is 0. The third kappa shape index (κ3) is 4.40. The predicted octanol–water partition coefficient (Wildman–Crippen LogP) is 3.16. The van der Waals surface area contributed by atoms with Gasteiger partial charge in [-0.15, -0.1) is 0 Å². The summed E-state index contributed by atoms with van der Waals surface area (Å²) in [6, 6.07) is 12.5. The third-order valence-corrected chi connectivity index (χ3v) is 4.74. The monoisotopic (exact) mass is 380 g/mol. The molecule has 0 fully saturated rings. The molecule has 3 rings (SSSR count). The van der Waals surface area contributed by atoms with E-state index in [0.717, 1.165) is 23.2 Å². The number of hydrogen-bond acceptors (Lipinski definition) is 5. The van der Waals surface area contributed by atoms with E-state index >= 15 is 0 Å². The number of aryl methyl sites for hydroxylation is 1. The third-order valence-electron chi connectivity index (χ3n) is 4.74. The molecule has 0 radical (unpaired) electrons. The summed E-state index contributed by atoms with van der Waals surface area (Å²) < 4.78 is 9.91. The van der Waals surface area contributed by atoms with Crippen LogP contribution in [0.3, 0.4) is 0 Å². The van der Waals surface area contributed by atoms with Gasteiger partial charge in [-0.1, -0.05) is 36.9 Å². The van der Waals surface area contributed by atoms with Crippen molar-refractivity contribution >= 4 is 17.7 Å². The number of anilines is 1. The lowest BCUT2D eigenvalue weighted by Gasteiger charge is -2.22. The maximum absolute atomic E-state index is 12.8. The second kappa shape index (κ2) is 8.71. The zero-order chi connectivity index (χ0) is 20.1. The number of nitrogens with zero attached hydrogens (tertiary/aromatic N) is 1. The van der Waals surface area contributed by atoms with Gasteiger partial charge in [0.1, 0.15) is 12.4 Å². The molecule has 0 bridgehead atoms. The standard InChI is InChI=1S/C22H24N2O4/c1-3-12-27-22(26)28-18-9-8-17(15(2)13-18)14-19(23)21(25)24-11-10-16-6-4-5-7-20(16)24/h3-9,13,19H,1,10-12,14,23H2,2H3. The van der Waals surface area contributed by atoms with Crippen LogP contribution in [0.2, 0.25) is 0 Å². The van der Waals surface area contributed by atoms with Gasteiger partial charge in [-0.25, -0.2) is 4.79 Å². The number of carbonyl (C=O) groups excluding carboxylic acids is 2. The van der Waals surface area contributed by atoms with Gasteiger partial charge < -0.3 is 20.1 Å². The molecule has 0 saturated heterocycles. The summed E-state index contributed by atoms with van der Waals surface area (Å²) >= 11 is 0. The zero-order valence-electron chi connectivity index (χ0n) is 15.9. The fourth-order valence-electron chi connectivity index (χ4n) is 3.31. The van der Waals surface area contributed by atoms with Gasteiger partial charge >= 0.3 is 6.16 Å². The van der Waals surface area contributed by atoms with Gasteiger partial charge in [-0.05, 0) is 54.7 Å². The lowest BCUT2D eigenvalue weighted by molar-refractivity contribution is -0.119. The van der Waals surface area contributed by atoms with Crippen molar-refractivity contribution in [2.24, 2.45) is 5.73 Å². The van der Waals surface area contributed by atoms with E-state index in [1.165, 1.54) is 11.6 Å². The van der Waals surface area contributed by atoms with E-state index in [4.69, 9.17) is 15.2 Å². The second-order valence-corrected chi connectivity index (χ2v) is 6.72. The van der Waals surface area contributed by atoms with Gasteiger partial charge in [0.15, 0.2) is 0 Å². The molecule has 0 aromatic heterocycles. The lowest BCUT2D eigenvalue weighted by atomic mass is 10.0. The molecular weight excluding hydrogens is 356 g/mol. The summed E-state index contributed by atoms with van der Waals surface area (Å²) in [6.07, 6.45) is 1.94. The first-order valence-corrected chi connectivity index (χ1v) is 9.19. The summed E-state index contributed by atoms with van der Waals surface area (Å²) in [6.45, 7) is 6.11. The van der Waals surface area contributed by atoms with Crippen LogP contribution in [-0.2, 0) is 22.4 Å². The molecule has 0 spiro atoms. The topological polar surface area (TPSA) is 81.9 Å². The zero-order valence-corrected chi connectivity index (χ0v) is 15.9. The Morgan fingerprint density at radius 3 is 2.82 bits per heavy atom. The van der Waals surface area contributed by atoms with Crippen molar-refractivity contribution in [1.29, 1.82) is 0 Å². The van der Waals surface area contributed by atoms with E-state index in [-0.39, 0.29) is 12.5 Å². The Bertz CT molecular complexity index is 894. The number of fused-ring (bicyclic) bond motifs is 1. The second-order valence-electron chi connectivity index (χ2n) is 6.72. The summed E-state index contributed by atoms with van der Waals surface area (Å²) in [5.41, 5.74) is 10.2. The van der Waals surface area contributed by atoms with Gasteiger partial charge in [0.2, 0.25) is 5.91 Å². The van der Waals surface area contributed by atoms with Crippen molar-refractivity contribution in [3.8, 4) is 5.75 Å². The maximum Gasteiger partial charge on any atom is 0.514 e. The number of ether oxygens (including phenoxy) is 2. The maximum atomic E-state index is 12.8. The minimum absolute atomic E-state index is 0.0855. The quantitative estimate of drug-likeness (QED) is 0.473. The minimum atomic E-state index is -0.786. The first kappa shape index (κ1) is 19.6. The van der Waals surface area contributed by atoms with Crippen LogP contribution in [0.25, 0.3) is 0 Å². The van der Waals surface area contributed by atoms with E-state index in [1.807, 2.05) is 37.3 Å². The molecule has 28 heavy (non-hydrogen) atoms. The van der Waals surface area contributed by atoms with Crippen LogP contribution < -0.4 is 15.4 Å². The molecule has 1 aliphatic heterocycles. The molecule has 2 N–H and O–H groups in total. The van der Waals surface area contributed by atoms with Crippen molar-refractivity contribution in [2.45, 2.75) is 25.8 Å². The largest absolute Gasteiger partial charge is 0.514 e. The Labute approximate surface area is 164 Å². The Kier molecular flexibility index (Phi) is 6.11. The highest BCUT2D eigenvalue weighted by atomic mass is 16.7. The summed E-state index contributed by atoms with van der Waals surface area (Å²) in [4.78, 5) is 26.1. The van der Waals surface area contributed by atoms with E-state index in [2.05, 4.69) is 6.58 Å². The van der Waals surface area contributed by atoms with Crippen LogP contribution >= 0.6 is 0 Å². The summed E-state index contributed by atoms with van der Waals surface area (Å²) in [7, 11) is 0. The van der Waals surface area contributed by atoms with Gasteiger partial charge in [-0.2, -0.15) is 0 Å². The molecule has 6 heteroatoms. The Morgan fingerprint density at radius 2 is 2.07 bits per heavy atom. The average molecular weight is 380 g/mol. The van der Waals surface area contributed by atoms with E-state index in [9.17, 15) is 9.59 Å². The van der Waals surface area contributed by atoms with Gasteiger partial charge in [0.25, 0.3) is 0 Å². The Balaban J connectivity index is 1.64. The van der Waals surface area contributed by atoms with Crippen LogP contribution in [0.4, 0.5) is 10.5 Å². The molecule has 2 aromatic rings. The highest BCUT2D eigenvalue weighted by Gasteiger charge is 2.28. The fourth-order valence-corrected chi connectivity index (χ4v) is 3.31. The number of amides is 1. The van der Waals surface area contributed by atoms with Crippen molar-refractivity contribution in [2.75, 3.05) is 18.1 Å². The van der Waals surface area contributed by atoms with E-state index in [0.29, 0.717) is 18.7 Å². The van der Waals surface area contributed by atoms with E-state index < -0.39 is 12.2 Å². The fraction of sp³-hybridized carbons (Fsp3) is 0.273. The molecule has 1 heterocycles. The Hall–Kier alpha value is -3.12. The smallest absolute Gasteiger partial charge is 0.430 e. The molecule has 1 unspecified atom stereocenters. The van der Waals surface area contributed by atoms with Crippen molar-refractivity contribution in [1.82, 2.24) is 0 Å². The number of rotatable bonds is 6. The first-order valence-electron chi connectivity index (χ1n) is 9.19. The number of hydrogen-bond donors (Lipinski definition) is 1. The van der Waals surface area contributed by atoms with Crippen molar-refractivity contribution < 1.29 is 19.1 Å². The molecule has 6 nitrogen and oxygen atoms in total. The molecule has 2 aromatic carbocycles. The lowest BCUT2D eigenvalue weighted by Crippen LogP contribution is -2.44. The van der Waals surface area contributed by atoms with Gasteiger partial charge in [0.05, 0.1) is 6.04 Å². The number of nitrogens with two attached hydrogens (primary N) is 1. The van der Waals surface area contributed by atoms with Gasteiger partial charge in [0, 0.05) is 12.2 Å². The highest BCUT2D eigenvalue weighted by molar-refractivity contribution is 5.99.